The average molecular weight is 337 g/mol. The molecule has 0 aliphatic heterocycles. The molecule has 0 saturated carbocycles. The number of nitrogens with zero attached hydrogens (tertiary/aromatic N) is 2. The largest absolute Gasteiger partial charge is 0.457 e. The molecule has 2 aromatic rings. The summed E-state index contributed by atoms with van der Waals surface area (Å²) < 4.78 is 18.9. The van der Waals surface area contributed by atoms with Crippen LogP contribution in [0.1, 0.15) is 5.56 Å². The second-order valence-electron chi connectivity index (χ2n) is 3.73. The van der Waals surface area contributed by atoms with E-state index in [1.807, 2.05) is 0 Å². The highest BCUT2D eigenvalue weighted by Gasteiger charge is 2.15. The van der Waals surface area contributed by atoms with Crippen LogP contribution in [-0.4, -0.2) is 4.92 Å². The van der Waals surface area contributed by atoms with Crippen molar-refractivity contribution in [1.29, 1.82) is 5.26 Å². The molecule has 0 aliphatic carbocycles. The van der Waals surface area contributed by atoms with E-state index in [1.165, 1.54) is 24.3 Å². The van der Waals surface area contributed by atoms with Gasteiger partial charge in [-0.3, -0.25) is 10.1 Å². The van der Waals surface area contributed by atoms with Crippen molar-refractivity contribution in [2.75, 3.05) is 0 Å². The van der Waals surface area contributed by atoms with Gasteiger partial charge < -0.3 is 4.74 Å². The third-order valence-electron chi connectivity index (χ3n) is 2.41. The highest BCUT2D eigenvalue weighted by molar-refractivity contribution is 9.10. The lowest BCUT2D eigenvalue weighted by Gasteiger charge is -2.06. The van der Waals surface area contributed by atoms with E-state index in [1.54, 1.807) is 6.07 Å². The first-order valence-corrected chi connectivity index (χ1v) is 6.12. The van der Waals surface area contributed by atoms with Crippen LogP contribution in [-0.2, 0) is 0 Å². The number of hydrogen-bond acceptors (Lipinski definition) is 4. The summed E-state index contributed by atoms with van der Waals surface area (Å²) in [6, 6.07) is 9.65. The number of benzene rings is 2. The number of ether oxygens (including phenoxy) is 1. The van der Waals surface area contributed by atoms with E-state index in [0.717, 1.165) is 12.1 Å². The van der Waals surface area contributed by atoms with Crippen LogP contribution in [0, 0.1) is 27.3 Å². The first-order valence-electron chi connectivity index (χ1n) is 5.32. The van der Waals surface area contributed by atoms with Crippen molar-refractivity contribution < 1.29 is 14.1 Å². The van der Waals surface area contributed by atoms with Crippen LogP contribution in [0.25, 0.3) is 0 Å². The van der Waals surface area contributed by atoms with Crippen molar-refractivity contribution in [1.82, 2.24) is 0 Å². The lowest BCUT2D eigenvalue weighted by Crippen LogP contribution is -1.93. The third kappa shape index (κ3) is 2.92. The fourth-order valence-corrected chi connectivity index (χ4v) is 1.74. The summed E-state index contributed by atoms with van der Waals surface area (Å²) in [5.74, 6) is -0.159. The molecule has 0 spiro atoms. The van der Waals surface area contributed by atoms with Gasteiger partial charge in [-0.1, -0.05) is 0 Å². The van der Waals surface area contributed by atoms with Gasteiger partial charge in [-0.15, -0.1) is 0 Å². The lowest BCUT2D eigenvalue weighted by molar-refractivity contribution is -0.385. The van der Waals surface area contributed by atoms with Gasteiger partial charge in [0.25, 0.3) is 5.69 Å². The van der Waals surface area contributed by atoms with E-state index >= 15 is 0 Å². The molecule has 0 heterocycles. The lowest BCUT2D eigenvalue weighted by atomic mass is 10.2. The van der Waals surface area contributed by atoms with Gasteiger partial charge in [0.15, 0.2) is 0 Å². The number of halogens is 2. The first kappa shape index (κ1) is 14.0. The summed E-state index contributed by atoms with van der Waals surface area (Å²) in [6.07, 6.45) is 0. The van der Waals surface area contributed by atoms with Crippen molar-refractivity contribution in [2.24, 2.45) is 0 Å². The van der Waals surface area contributed by atoms with Crippen LogP contribution in [0.4, 0.5) is 10.1 Å². The first-order chi connectivity index (χ1) is 9.51. The van der Waals surface area contributed by atoms with Gasteiger partial charge in [0.2, 0.25) is 0 Å². The Kier molecular flexibility index (Phi) is 3.96. The Labute approximate surface area is 121 Å². The maximum absolute atomic E-state index is 13.3. The average Bonchev–Trinajstić information content (AvgIpc) is 2.43. The maximum atomic E-state index is 13.3. The molecule has 0 atom stereocenters. The van der Waals surface area contributed by atoms with Gasteiger partial charge in [0, 0.05) is 6.07 Å². The standard InChI is InChI=1S/C13H6BrFN2O3/c14-11-4-3-9(5-12(11)15)20-10-2-1-8(7-16)13(6-10)17(18)19/h1-6H. The molecule has 0 bridgehead atoms. The molecular formula is C13H6BrFN2O3. The van der Waals surface area contributed by atoms with Gasteiger partial charge in [0.05, 0.1) is 15.5 Å². The predicted molar refractivity (Wildman–Crippen MR) is 72.0 cm³/mol. The Balaban J connectivity index is 2.34. The minimum atomic E-state index is -0.673. The smallest absolute Gasteiger partial charge is 0.290 e. The van der Waals surface area contributed by atoms with E-state index in [9.17, 15) is 14.5 Å². The van der Waals surface area contributed by atoms with Gasteiger partial charge >= 0.3 is 0 Å². The number of nitro groups is 1. The highest BCUT2D eigenvalue weighted by atomic mass is 79.9. The zero-order chi connectivity index (χ0) is 14.7. The van der Waals surface area contributed by atoms with Crippen molar-refractivity contribution in [3.05, 3.63) is 62.4 Å². The summed E-state index contributed by atoms with van der Waals surface area (Å²) in [5.41, 5.74) is -0.424. The number of hydrogen-bond donors (Lipinski definition) is 0. The molecule has 0 unspecified atom stereocenters. The molecule has 0 radical (unpaired) electrons. The van der Waals surface area contributed by atoms with Gasteiger partial charge in [-0.25, -0.2) is 4.39 Å². The Morgan fingerprint density at radius 3 is 2.50 bits per heavy atom. The molecule has 7 heteroatoms. The van der Waals surface area contributed by atoms with Crippen molar-refractivity contribution in [2.45, 2.75) is 0 Å². The molecular weight excluding hydrogens is 331 g/mol. The van der Waals surface area contributed by atoms with Crippen molar-refractivity contribution in [3.63, 3.8) is 0 Å². The molecule has 0 saturated heterocycles. The van der Waals surface area contributed by atoms with Gasteiger partial charge in [-0.05, 0) is 40.2 Å². The normalized spacial score (nSPS) is 9.85. The summed E-state index contributed by atoms with van der Waals surface area (Å²) in [4.78, 5) is 10.1. The van der Waals surface area contributed by atoms with E-state index in [-0.39, 0.29) is 27.2 Å². The van der Waals surface area contributed by atoms with Crippen LogP contribution in [0.2, 0.25) is 0 Å². The van der Waals surface area contributed by atoms with E-state index in [2.05, 4.69) is 15.9 Å². The summed E-state index contributed by atoms with van der Waals surface area (Å²) in [7, 11) is 0. The fourth-order valence-electron chi connectivity index (χ4n) is 1.50. The minimum absolute atomic E-state index is 0.0654. The number of nitro benzene ring substituents is 1. The van der Waals surface area contributed by atoms with Crippen molar-refractivity contribution >= 4 is 21.6 Å². The Hall–Kier alpha value is -2.46. The minimum Gasteiger partial charge on any atom is -0.457 e. The molecule has 0 aromatic heterocycles. The van der Waals surface area contributed by atoms with Gasteiger partial charge in [0.1, 0.15) is 28.9 Å². The number of rotatable bonds is 3. The molecule has 0 amide bonds. The second kappa shape index (κ2) is 5.67. The topological polar surface area (TPSA) is 76.2 Å². The Morgan fingerprint density at radius 1 is 1.25 bits per heavy atom. The number of nitriles is 1. The molecule has 20 heavy (non-hydrogen) atoms. The molecule has 2 aromatic carbocycles. The molecule has 5 nitrogen and oxygen atoms in total. The molecule has 0 aliphatic rings. The van der Waals surface area contributed by atoms with Gasteiger partial charge in [-0.2, -0.15) is 5.26 Å². The van der Waals surface area contributed by atoms with Crippen LogP contribution in [0.5, 0.6) is 11.5 Å². The van der Waals surface area contributed by atoms with Crippen LogP contribution in [0.3, 0.4) is 0 Å². The molecule has 2 rings (SSSR count). The predicted octanol–water partition coefficient (Wildman–Crippen LogP) is 4.16. The second-order valence-corrected chi connectivity index (χ2v) is 4.58. The molecule has 0 N–H and O–H groups in total. The monoisotopic (exact) mass is 336 g/mol. The maximum Gasteiger partial charge on any atom is 0.290 e. The van der Waals surface area contributed by atoms with Crippen LogP contribution < -0.4 is 4.74 Å². The zero-order valence-electron chi connectivity index (χ0n) is 9.84. The fraction of sp³-hybridized carbons (Fsp3) is 0. The molecule has 0 fully saturated rings. The van der Waals surface area contributed by atoms with E-state index in [4.69, 9.17) is 10.00 Å². The molecule has 100 valence electrons. The van der Waals surface area contributed by atoms with E-state index < -0.39 is 10.7 Å². The van der Waals surface area contributed by atoms with Crippen molar-refractivity contribution in [3.8, 4) is 17.6 Å². The van der Waals surface area contributed by atoms with Crippen LogP contribution >= 0.6 is 15.9 Å². The quantitative estimate of drug-likeness (QED) is 0.622. The third-order valence-corrected chi connectivity index (χ3v) is 3.06. The zero-order valence-corrected chi connectivity index (χ0v) is 11.4. The summed E-state index contributed by atoms with van der Waals surface area (Å²) >= 11 is 3.01. The van der Waals surface area contributed by atoms with E-state index in [0.29, 0.717) is 0 Å². The van der Waals surface area contributed by atoms with Crippen LogP contribution in [0.15, 0.2) is 40.9 Å². The Morgan fingerprint density at radius 2 is 1.90 bits per heavy atom. The Bertz CT molecular complexity index is 728. The summed E-state index contributed by atoms with van der Waals surface area (Å²) in [5, 5.41) is 19.6. The SMILES string of the molecule is N#Cc1ccc(Oc2ccc(Br)c(F)c2)cc1[N+](=O)[O-]. The highest BCUT2D eigenvalue weighted by Crippen LogP contribution is 2.29. The summed E-state index contributed by atoms with van der Waals surface area (Å²) in [6.45, 7) is 0.